The Hall–Kier alpha value is -4.42. The zero-order valence-corrected chi connectivity index (χ0v) is 20.7. The number of nitriles is 1. The van der Waals surface area contributed by atoms with E-state index >= 15 is 0 Å². The number of benzene rings is 3. The monoisotopic (exact) mass is 499 g/mol. The van der Waals surface area contributed by atoms with Crippen molar-refractivity contribution in [3.63, 3.8) is 0 Å². The van der Waals surface area contributed by atoms with Crippen molar-refractivity contribution in [1.82, 2.24) is 19.8 Å². The number of aromatic nitrogens is 2. The molecule has 0 aliphatic rings. The van der Waals surface area contributed by atoms with Crippen LogP contribution < -0.4 is 10.0 Å². The van der Waals surface area contributed by atoms with Gasteiger partial charge in [-0.05, 0) is 61.7 Å². The third-order valence-electron chi connectivity index (χ3n) is 5.73. The summed E-state index contributed by atoms with van der Waals surface area (Å²) in [4.78, 5) is 12.0. The Bertz CT molecular complexity index is 1540. The molecule has 0 radical (unpaired) electrons. The number of nitrogens with one attached hydrogen (secondary N) is 2. The molecule has 3 aromatic carbocycles. The van der Waals surface area contributed by atoms with E-state index in [-0.39, 0.29) is 17.0 Å². The summed E-state index contributed by atoms with van der Waals surface area (Å²) in [6.45, 7) is 4.29. The summed E-state index contributed by atoms with van der Waals surface area (Å²) >= 11 is 0. The molecule has 8 nitrogen and oxygen atoms in total. The zero-order chi connectivity index (χ0) is 25.7. The Morgan fingerprint density at radius 1 is 1.00 bits per heavy atom. The summed E-state index contributed by atoms with van der Waals surface area (Å²) < 4.78 is 28.6. The molecule has 0 atom stereocenters. The molecule has 0 aliphatic heterocycles. The maximum absolute atomic E-state index is 12.4. The maximum Gasteiger partial charge on any atom is 0.328 e. The van der Waals surface area contributed by atoms with Gasteiger partial charge in [0.2, 0.25) is 0 Å². The van der Waals surface area contributed by atoms with Crippen LogP contribution >= 0.6 is 0 Å². The number of hydrogen-bond donors (Lipinski definition) is 2. The van der Waals surface area contributed by atoms with Gasteiger partial charge in [0.05, 0.1) is 27.9 Å². The third-order valence-corrected chi connectivity index (χ3v) is 7.06. The standard InChI is InChI=1S/C27H25N5O3S/c1-19-26(23-8-4-3-5-9-23)20(2)32(30-19)24-13-11-21(12-14-24)15-16-29-27(33)31-36(34,35)25-10-6-7-22(17-25)18-28/h3-14,17H,15-16H2,1-2H3,(H2,29,31,33). The van der Waals surface area contributed by atoms with Gasteiger partial charge in [-0.25, -0.2) is 22.6 Å². The highest BCUT2D eigenvalue weighted by molar-refractivity contribution is 7.90. The van der Waals surface area contributed by atoms with Crippen molar-refractivity contribution in [3.05, 3.63) is 101 Å². The SMILES string of the molecule is Cc1nn(-c2ccc(CCNC(=O)NS(=O)(=O)c3cccc(C#N)c3)cc2)c(C)c1-c1ccccc1. The van der Waals surface area contributed by atoms with E-state index in [1.165, 1.54) is 24.3 Å². The smallest absolute Gasteiger partial charge is 0.328 e. The van der Waals surface area contributed by atoms with Crippen molar-refractivity contribution in [2.45, 2.75) is 25.2 Å². The molecule has 0 saturated heterocycles. The van der Waals surface area contributed by atoms with Crippen LogP contribution in [0.1, 0.15) is 22.5 Å². The molecule has 0 aliphatic carbocycles. The van der Waals surface area contributed by atoms with E-state index in [0.717, 1.165) is 33.8 Å². The van der Waals surface area contributed by atoms with Crippen LogP contribution in [0, 0.1) is 25.2 Å². The van der Waals surface area contributed by atoms with E-state index in [9.17, 15) is 13.2 Å². The lowest BCUT2D eigenvalue weighted by Gasteiger charge is -2.10. The Balaban J connectivity index is 1.36. The van der Waals surface area contributed by atoms with Crippen LogP contribution in [0.25, 0.3) is 16.8 Å². The quantitative estimate of drug-likeness (QED) is 0.394. The van der Waals surface area contributed by atoms with Crippen LogP contribution in [0.2, 0.25) is 0 Å². The van der Waals surface area contributed by atoms with Gasteiger partial charge in [-0.1, -0.05) is 48.5 Å². The van der Waals surface area contributed by atoms with Crippen molar-refractivity contribution in [2.24, 2.45) is 0 Å². The largest absolute Gasteiger partial charge is 0.337 e. The molecule has 9 heteroatoms. The van der Waals surface area contributed by atoms with Gasteiger partial charge in [-0.15, -0.1) is 0 Å². The fourth-order valence-corrected chi connectivity index (χ4v) is 4.96. The van der Waals surface area contributed by atoms with Crippen molar-refractivity contribution in [1.29, 1.82) is 5.26 Å². The first-order valence-electron chi connectivity index (χ1n) is 11.3. The normalized spacial score (nSPS) is 11.0. The minimum atomic E-state index is -4.07. The molecule has 0 fully saturated rings. The summed E-state index contributed by atoms with van der Waals surface area (Å²) in [6, 6.07) is 24.5. The van der Waals surface area contributed by atoms with Gasteiger partial charge in [-0.3, -0.25) is 0 Å². The van der Waals surface area contributed by atoms with Crippen molar-refractivity contribution >= 4 is 16.1 Å². The number of carbonyl (C=O) groups excluding carboxylic acids is 1. The first-order valence-corrected chi connectivity index (χ1v) is 12.8. The van der Waals surface area contributed by atoms with Gasteiger partial charge in [-0.2, -0.15) is 10.4 Å². The summed E-state index contributed by atoms with van der Waals surface area (Å²) in [5, 5.41) is 16.2. The van der Waals surface area contributed by atoms with Crippen LogP contribution in [0.5, 0.6) is 0 Å². The molecule has 1 heterocycles. The Kier molecular flexibility index (Phi) is 7.17. The fourth-order valence-electron chi connectivity index (χ4n) is 3.99. The van der Waals surface area contributed by atoms with E-state index in [1.807, 2.05) is 71.8 Å². The average molecular weight is 500 g/mol. The van der Waals surface area contributed by atoms with Crippen LogP contribution in [-0.4, -0.2) is 30.8 Å². The molecule has 182 valence electrons. The molecule has 0 spiro atoms. The van der Waals surface area contributed by atoms with Gasteiger partial charge in [0.25, 0.3) is 10.0 Å². The molecule has 0 saturated carbocycles. The van der Waals surface area contributed by atoms with E-state index in [1.54, 1.807) is 0 Å². The first kappa shape index (κ1) is 24.7. The molecular formula is C27H25N5O3S. The maximum atomic E-state index is 12.4. The van der Waals surface area contributed by atoms with Crippen LogP contribution in [0.3, 0.4) is 0 Å². The molecule has 4 aromatic rings. The van der Waals surface area contributed by atoms with E-state index in [4.69, 9.17) is 10.4 Å². The minimum absolute atomic E-state index is 0.146. The molecule has 0 bridgehead atoms. The Morgan fingerprint density at radius 2 is 1.72 bits per heavy atom. The summed E-state index contributed by atoms with van der Waals surface area (Å²) in [6.07, 6.45) is 0.518. The van der Waals surface area contributed by atoms with Gasteiger partial charge < -0.3 is 5.32 Å². The van der Waals surface area contributed by atoms with Crippen molar-refractivity contribution in [2.75, 3.05) is 6.54 Å². The zero-order valence-electron chi connectivity index (χ0n) is 19.9. The summed E-state index contributed by atoms with van der Waals surface area (Å²) in [5.74, 6) is 0. The average Bonchev–Trinajstić information content (AvgIpc) is 3.18. The van der Waals surface area contributed by atoms with Crippen molar-refractivity contribution in [3.8, 4) is 22.9 Å². The second kappa shape index (κ2) is 10.5. The number of sulfonamides is 1. The lowest BCUT2D eigenvalue weighted by molar-refractivity contribution is 0.246. The third kappa shape index (κ3) is 5.45. The molecular weight excluding hydrogens is 474 g/mol. The van der Waals surface area contributed by atoms with Crippen LogP contribution in [0.4, 0.5) is 4.79 Å². The molecule has 1 aromatic heterocycles. The summed E-state index contributed by atoms with van der Waals surface area (Å²) in [5.41, 5.74) is 6.34. The predicted molar refractivity (Wildman–Crippen MR) is 137 cm³/mol. The number of rotatable bonds is 7. The second-order valence-electron chi connectivity index (χ2n) is 8.24. The van der Waals surface area contributed by atoms with Crippen molar-refractivity contribution < 1.29 is 13.2 Å². The number of carbonyl (C=O) groups is 1. The Morgan fingerprint density at radius 3 is 2.42 bits per heavy atom. The minimum Gasteiger partial charge on any atom is -0.337 e. The van der Waals surface area contributed by atoms with E-state index in [0.29, 0.717) is 6.42 Å². The van der Waals surface area contributed by atoms with Gasteiger partial charge in [0.15, 0.2) is 0 Å². The van der Waals surface area contributed by atoms with E-state index < -0.39 is 16.1 Å². The van der Waals surface area contributed by atoms with Crippen LogP contribution in [-0.2, 0) is 16.4 Å². The van der Waals surface area contributed by atoms with E-state index in [2.05, 4.69) is 17.4 Å². The second-order valence-corrected chi connectivity index (χ2v) is 9.92. The lowest BCUT2D eigenvalue weighted by atomic mass is 10.0. The molecule has 2 amide bonds. The molecule has 36 heavy (non-hydrogen) atoms. The number of amides is 2. The predicted octanol–water partition coefficient (Wildman–Crippen LogP) is 4.26. The van der Waals surface area contributed by atoms with Gasteiger partial charge in [0.1, 0.15) is 0 Å². The van der Waals surface area contributed by atoms with Gasteiger partial charge >= 0.3 is 6.03 Å². The number of nitrogens with zero attached hydrogens (tertiary/aromatic N) is 3. The fraction of sp³-hybridized carbons (Fsp3) is 0.148. The lowest BCUT2D eigenvalue weighted by Crippen LogP contribution is -2.40. The highest BCUT2D eigenvalue weighted by Gasteiger charge is 2.18. The highest BCUT2D eigenvalue weighted by Crippen LogP contribution is 2.28. The van der Waals surface area contributed by atoms with Gasteiger partial charge in [0, 0.05) is 17.8 Å². The first-order chi connectivity index (χ1) is 17.3. The number of aryl methyl sites for hydroxylation is 1. The number of urea groups is 1. The molecule has 0 unspecified atom stereocenters. The molecule has 2 N–H and O–H groups in total. The highest BCUT2D eigenvalue weighted by atomic mass is 32.2. The summed E-state index contributed by atoms with van der Waals surface area (Å²) in [7, 11) is -4.07. The Labute approximate surface area is 210 Å². The number of hydrogen-bond acceptors (Lipinski definition) is 5. The van der Waals surface area contributed by atoms with Crippen LogP contribution in [0.15, 0.2) is 83.8 Å². The molecule has 4 rings (SSSR count). The topological polar surface area (TPSA) is 117 Å².